The van der Waals surface area contributed by atoms with E-state index < -0.39 is 0 Å². The van der Waals surface area contributed by atoms with Gasteiger partial charge >= 0.3 is 0 Å². The lowest BCUT2D eigenvalue weighted by Gasteiger charge is -2.08. The number of ether oxygens (including phenoxy) is 2. The molecule has 7 nitrogen and oxygen atoms in total. The summed E-state index contributed by atoms with van der Waals surface area (Å²) in [7, 11) is 1.65. The molecular formula is C16H20N4O3. The molecule has 1 heterocycles. The molecule has 122 valence electrons. The standard InChI is InChI=1S/C16H20N4O3/c1-22-10-9-17-5-8-20-16(21)13-3-2-4-14(11-13)23-15-12-18-6-7-19-15/h2-4,6-7,11-12,17H,5,8-10H2,1H3,(H,20,21). The van der Waals surface area contributed by atoms with E-state index in [9.17, 15) is 4.79 Å². The SMILES string of the molecule is COCCNCCNC(=O)c1cccc(Oc2cnccn2)c1. The average Bonchev–Trinajstić information content (AvgIpc) is 2.59. The molecule has 0 aliphatic carbocycles. The summed E-state index contributed by atoms with van der Waals surface area (Å²) in [6, 6.07) is 6.93. The van der Waals surface area contributed by atoms with Crippen LogP contribution in [0.15, 0.2) is 42.9 Å². The molecule has 0 bridgehead atoms. The normalized spacial score (nSPS) is 10.3. The molecule has 0 aliphatic heterocycles. The Labute approximate surface area is 135 Å². The number of rotatable bonds is 9. The Morgan fingerprint density at radius 1 is 1.22 bits per heavy atom. The Balaban J connectivity index is 1.83. The molecule has 1 aromatic heterocycles. The van der Waals surface area contributed by atoms with E-state index in [1.165, 1.54) is 6.20 Å². The van der Waals surface area contributed by atoms with E-state index in [2.05, 4.69) is 20.6 Å². The molecule has 1 aromatic carbocycles. The van der Waals surface area contributed by atoms with Crippen LogP contribution >= 0.6 is 0 Å². The molecule has 0 aliphatic rings. The van der Waals surface area contributed by atoms with Crippen molar-refractivity contribution < 1.29 is 14.3 Å². The van der Waals surface area contributed by atoms with E-state index >= 15 is 0 Å². The maximum Gasteiger partial charge on any atom is 0.251 e. The molecular weight excluding hydrogens is 296 g/mol. The van der Waals surface area contributed by atoms with Gasteiger partial charge in [0.2, 0.25) is 5.88 Å². The van der Waals surface area contributed by atoms with Crippen LogP contribution in [-0.4, -0.2) is 49.2 Å². The number of carbonyl (C=O) groups excluding carboxylic acids is 1. The second kappa shape index (κ2) is 9.50. The summed E-state index contributed by atoms with van der Waals surface area (Å²) in [6.07, 6.45) is 4.62. The summed E-state index contributed by atoms with van der Waals surface area (Å²) in [4.78, 5) is 20.0. The minimum atomic E-state index is -0.150. The molecule has 23 heavy (non-hydrogen) atoms. The smallest absolute Gasteiger partial charge is 0.251 e. The highest BCUT2D eigenvalue weighted by molar-refractivity contribution is 5.94. The number of amides is 1. The number of hydrogen-bond donors (Lipinski definition) is 2. The predicted molar refractivity (Wildman–Crippen MR) is 85.6 cm³/mol. The number of nitrogens with zero attached hydrogens (tertiary/aromatic N) is 2. The first-order chi connectivity index (χ1) is 11.3. The van der Waals surface area contributed by atoms with Gasteiger partial charge in [-0.15, -0.1) is 0 Å². The van der Waals surface area contributed by atoms with Gasteiger partial charge in [0.15, 0.2) is 0 Å². The van der Waals surface area contributed by atoms with Gasteiger partial charge in [0.05, 0.1) is 12.8 Å². The fraction of sp³-hybridized carbons (Fsp3) is 0.312. The summed E-state index contributed by atoms with van der Waals surface area (Å²) < 4.78 is 10.5. The molecule has 0 saturated carbocycles. The number of methoxy groups -OCH3 is 1. The second-order valence-electron chi connectivity index (χ2n) is 4.67. The highest BCUT2D eigenvalue weighted by atomic mass is 16.5. The van der Waals surface area contributed by atoms with Crippen molar-refractivity contribution in [1.82, 2.24) is 20.6 Å². The summed E-state index contributed by atoms with van der Waals surface area (Å²) in [5, 5.41) is 6.00. The van der Waals surface area contributed by atoms with Crippen LogP contribution in [0.5, 0.6) is 11.6 Å². The van der Waals surface area contributed by atoms with Crippen molar-refractivity contribution in [1.29, 1.82) is 0 Å². The van der Waals surface area contributed by atoms with Crippen molar-refractivity contribution in [3.63, 3.8) is 0 Å². The Morgan fingerprint density at radius 3 is 2.91 bits per heavy atom. The lowest BCUT2D eigenvalue weighted by Crippen LogP contribution is -2.33. The molecule has 2 N–H and O–H groups in total. The molecule has 2 aromatic rings. The van der Waals surface area contributed by atoms with Crippen molar-refractivity contribution in [2.75, 3.05) is 33.4 Å². The lowest BCUT2D eigenvalue weighted by atomic mass is 10.2. The van der Waals surface area contributed by atoms with Crippen molar-refractivity contribution in [2.24, 2.45) is 0 Å². The van der Waals surface area contributed by atoms with E-state index in [0.717, 1.165) is 6.54 Å². The molecule has 7 heteroatoms. The van der Waals surface area contributed by atoms with Crippen LogP contribution in [0, 0.1) is 0 Å². The van der Waals surface area contributed by atoms with E-state index in [4.69, 9.17) is 9.47 Å². The Hall–Kier alpha value is -2.51. The topological polar surface area (TPSA) is 85.4 Å². The van der Waals surface area contributed by atoms with Gasteiger partial charge < -0.3 is 20.1 Å². The third-order valence-electron chi connectivity index (χ3n) is 2.93. The van der Waals surface area contributed by atoms with Crippen LogP contribution in [0.1, 0.15) is 10.4 Å². The van der Waals surface area contributed by atoms with Gasteiger partial charge in [-0.3, -0.25) is 9.78 Å². The summed E-state index contributed by atoms with van der Waals surface area (Å²) >= 11 is 0. The van der Waals surface area contributed by atoms with Crippen molar-refractivity contribution in [3.05, 3.63) is 48.4 Å². The molecule has 0 spiro atoms. The zero-order chi connectivity index (χ0) is 16.3. The third-order valence-corrected chi connectivity index (χ3v) is 2.93. The number of aromatic nitrogens is 2. The van der Waals surface area contributed by atoms with Crippen LogP contribution in [0.4, 0.5) is 0 Å². The first-order valence-electron chi connectivity index (χ1n) is 7.31. The van der Waals surface area contributed by atoms with Gasteiger partial charge in [-0.25, -0.2) is 4.98 Å². The largest absolute Gasteiger partial charge is 0.437 e. The van der Waals surface area contributed by atoms with Crippen LogP contribution in [0.2, 0.25) is 0 Å². The van der Waals surface area contributed by atoms with E-state index in [1.54, 1.807) is 43.8 Å². The van der Waals surface area contributed by atoms with Crippen LogP contribution in [0.3, 0.4) is 0 Å². The predicted octanol–water partition coefficient (Wildman–Crippen LogP) is 1.23. The summed E-state index contributed by atoms with van der Waals surface area (Å²) in [5.41, 5.74) is 0.531. The van der Waals surface area contributed by atoms with Gasteiger partial charge in [0.25, 0.3) is 5.91 Å². The van der Waals surface area contributed by atoms with Gasteiger partial charge in [-0.1, -0.05) is 6.07 Å². The number of benzene rings is 1. The quantitative estimate of drug-likeness (QED) is 0.677. The minimum absolute atomic E-state index is 0.150. The molecule has 0 radical (unpaired) electrons. The zero-order valence-corrected chi connectivity index (χ0v) is 13.0. The maximum atomic E-state index is 12.1. The van der Waals surface area contributed by atoms with Crippen LogP contribution in [-0.2, 0) is 4.74 Å². The fourth-order valence-electron chi connectivity index (χ4n) is 1.83. The molecule has 1 amide bonds. The Bertz CT molecular complexity index is 607. The second-order valence-corrected chi connectivity index (χ2v) is 4.67. The van der Waals surface area contributed by atoms with Crippen molar-refractivity contribution >= 4 is 5.91 Å². The van der Waals surface area contributed by atoms with E-state index in [0.29, 0.717) is 36.9 Å². The van der Waals surface area contributed by atoms with Gasteiger partial charge in [-0.05, 0) is 18.2 Å². The van der Waals surface area contributed by atoms with Gasteiger partial charge in [-0.2, -0.15) is 0 Å². The molecule has 0 unspecified atom stereocenters. The van der Waals surface area contributed by atoms with Crippen LogP contribution in [0.25, 0.3) is 0 Å². The monoisotopic (exact) mass is 316 g/mol. The van der Waals surface area contributed by atoms with Crippen molar-refractivity contribution in [2.45, 2.75) is 0 Å². The highest BCUT2D eigenvalue weighted by Crippen LogP contribution is 2.19. The van der Waals surface area contributed by atoms with Crippen molar-refractivity contribution in [3.8, 4) is 11.6 Å². The van der Waals surface area contributed by atoms with Crippen LogP contribution < -0.4 is 15.4 Å². The van der Waals surface area contributed by atoms with Gasteiger partial charge in [0.1, 0.15) is 5.75 Å². The van der Waals surface area contributed by atoms with E-state index in [-0.39, 0.29) is 5.91 Å². The average molecular weight is 316 g/mol. The fourth-order valence-corrected chi connectivity index (χ4v) is 1.83. The lowest BCUT2D eigenvalue weighted by molar-refractivity contribution is 0.0953. The summed E-state index contributed by atoms with van der Waals surface area (Å²) in [6.45, 7) is 2.63. The first-order valence-corrected chi connectivity index (χ1v) is 7.31. The molecule has 0 saturated heterocycles. The Morgan fingerprint density at radius 2 is 2.13 bits per heavy atom. The van der Waals surface area contributed by atoms with Gasteiger partial charge in [0, 0.05) is 44.7 Å². The minimum Gasteiger partial charge on any atom is -0.437 e. The third kappa shape index (κ3) is 6.01. The number of carbonyl (C=O) groups is 1. The molecule has 2 rings (SSSR count). The number of nitrogens with one attached hydrogen (secondary N) is 2. The maximum absolute atomic E-state index is 12.1. The first kappa shape index (κ1) is 16.9. The highest BCUT2D eigenvalue weighted by Gasteiger charge is 2.07. The zero-order valence-electron chi connectivity index (χ0n) is 13.0. The molecule has 0 atom stereocenters. The van der Waals surface area contributed by atoms with E-state index in [1.807, 2.05) is 0 Å². The number of hydrogen-bond acceptors (Lipinski definition) is 6. The Kier molecular flexibility index (Phi) is 6.96. The summed E-state index contributed by atoms with van der Waals surface area (Å²) in [5.74, 6) is 0.770. The molecule has 0 fully saturated rings.